The van der Waals surface area contributed by atoms with Crippen molar-refractivity contribution in [2.45, 2.75) is 25.0 Å². The first kappa shape index (κ1) is 6.38. The minimum atomic E-state index is -0.130. The van der Waals surface area contributed by atoms with Crippen LogP contribution in [-0.2, 0) is 0 Å². The van der Waals surface area contributed by atoms with Crippen LogP contribution in [0, 0.1) is 0 Å². The van der Waals surface area contributed by atoms with Crippen LogP contribution in [0.5, 0.6) is 0 Å². The summed E-state index contributed by atoms with van der Waals surface area (Å²) in [6.07, 6.45) is 1.89. The molecule has 0 radical (unpaired) electrons. The third-order valence-corrected chi connectivity index (χ3v) is 2.61. The molecule has 0 bridgehead atoms. The van der Waals surface area contributed by atoms with Gasteiger partial charge in [0.05, 0.1) is 12.1 Å². The molecule has 2 saturated heterocycles. The normalized spacial score (nSPS) is 40.7. The van der Waals surface area contributed by atoms with E-state index in [4.69, 9.17) is 0 Å². The summed E-state index contributed by atoms with van der Waals surface area (Å²) in [5.41, 5.74) is 1.23. The van der Waals surface area contributed by atoms with Crippen molar-refractivity contribution in [1.82, 2.24) is 4.90 Å². The second-order valence-corrected chi connectivity index (χ2v) is 3.25. The molecule has 2 heteroatoms. The molecule has 1 N–H and O–H groups in total. The third-order valence-electron chi connectivity index (χ3n) is 2.61. The average molecular weight is 139 g/mol. The zero-order valence-corrected chi connectivity index (χ0v) is 6.08. The van der Waals surface area contributed by atoms with Crippen LogP contribution in [0.25, 0.3) is 0 Å². The summed E-state index contributed by atoms with van der Waals surface area (Å²) in [4.78, 5) is 2.33. The van der Waals surface area contributed by atoms with Crippen molar-refractivity contribution in [3.63, 3.8) is 0 Å². The van der Waals surface area contributed by atoms with Crippen LogP contribution >= 0.6 is 0 Å². The van der Waals surface area contributed by atoms with Crippen LogP contribution in [0.2, 0.25) is 0 Å². The fourth-order valence-electron chi connectivity index (χ4n) is 2.05. The monoisotopic (exact) mass is 139 g/mol. The summed E-state index contributed by atoms with van der Waals surface area (Å²) in [7, 11) is 0. The summed E-state index contributed by atoms with van der Waals surface area (Å²) in [5, 5.41) is 9.47. The average Bonchev–Trinajstić information content (AvgIpc) is 2.40. The third kappa shape index (κ3) is 0.724. The number of aliphatic hydroxyl groups excluding tert-OH is 1. The van der Waals surface area contributed by atoms with E-state index in [1.54, 1.807) is 0 Å². The molecule has 0 unspecified atom stereocenters. The molecule has 0 aromatic heterocycles. The molecule has 0 spiro atoms. The lowest BCUT2D eigenvalue weighted by Gasteiger charge is -2.16. The molecule has 56 valence electrons. The van der Waals surface area contributed by atoms with Crippen molar-refractivity contribution in [3.8, 4) is 0 Å². The summed E-state index contributed by atoms with van der Waals surface area (Å²) >= 11 is 0. The van der Waals surface area contributed by atoms with Crippen molar-refractivity contribution in [2.24, 2.45) is 0 Å². The zero-order valence-electron chi connectivity index (χ0n) is 6.08. The predicted octanol–water partition coefficient (Wildman–Crippen LogP) is 0.382. The van der Waals surface area contributed by atoms with Gasteiger partial charge < -0.3 is 5.11 Å². The number of aliphatic hydroxyl groups is 1. The lowest BCUT2D eigenvalue weighted by atomic mass is 10.1. The Balaban J connectivity index is 2.19. The van der Waals surface area contributed by atoms with E-state index in [-0.39, 0.29) is 6.10 Å². The number of hydrogen-bond acceptors (Lipinski definition) is 2. The van der Waals surface area contributed by atoms with Gasteiger partial charge in [-0.05, 0) is 12.8 Å². The standard InChI is InChI=1S/C8H13NO/c1-6-2-4-9-5-3-7(10)8(6)9/h7-8,10H,1-5H2/t7-,8+/m0/s1. The molecule has 2 nitrogen and oxygen atoms in total. The Kier molecular flexibility index (Phi) is 1.32. The Morgan fingerprint density at radius 1 is 1.50 bits per heavy atom. The molecule has 2 fully saturated rings. The Hall–Kier alpha value is -0.340. The van der Waals surface area contributed by atoms with E-state index in [1.807, 2.05) is 0 Å². The van der Waals surface area contributed by atoms with Crippen molar-refractivity contribution in [1.29, 1.82) is 0 Å². The van der Waals surface area contributed by atoms with E-state index < -0.39 is 0 Å². The van der Waals surface area contributed by atoms with E-state index in [2.05, 4.69) is 11.5 Å². The lowest BCUT2D eigenvalue weighted by Crippen LogP contribution is -2.29. The first-order valence-electron chi connectivity index (χ1n) is 3.89. The fourth-order valence-corrected chi connectivity index (χ4v) is 2.05. The van der Waals surface area contributed by atoms with Crippen LogP contribution in [-0.4, -0.2) is 35.2 Å². The molecule has 0 amide bonds. The minimum absolute atomic E-state index is 0.130. The van der Waals surface area contributed by atoms with Crippen molar-refractivity contribution in [2.75, 3.05) is 13.1 Å². The number of hydrogen-bond donors (Lipinski definition) is 1. The van der Waals surface area contributed by atoms with Crippen molar-refractivity contribution in [3.05, 3.63) is 12.2 Å². The van der Waals surface area contributed by atoms with Gasteiger partial charge in [-0.1, -0.05) is 12.2 Å². The van der Waals surface area contributed by atoms with Gasteiger partial charge in [0.1, 0.15) is 0 Å². The summed E-state index contributed by atoms with van der Waals surface area (Å²) < 4.78 is 0. The maximum Gasteiger partial charge on any atom is 0.0745 e. The van der Waals surface area contributed by atoms with E-state index in [0.29, 0.717) is 6.04 Å². The topological polar surface area (TPSA) is 23.5 Å². The zero-order chi connectivity index (χ0) is 7.14. The maximum absolute atomic E-state index is 9.47. The molecular weight excluding hydrogens is 126 g/mol. The highest BCUT2D eigenvalue weighted by atomic mass is 16.3. The molecule has 2 rings (SSSR count). The Bertz CT molecular complexity index is 167. The second kappa shape index (κ2) is 2.07. The highest BCUT2D eigenvalue weighted by Gasteiger charge is 2.38. The Morgan fingerprint density at radius 3 is 3.00 bits per heavy atom. The molecule has 2 atom stereocenters. The van der Waals surface area contributed by atoms with Gasteiger partial charge in [-0.3, -0.25) is 4.90 Å². The van der Waals surface area contributed by atoms with Gasteiger partial charge in [0.15, 0.2) is 0 Å². The summed E-state index contributed by atoms with van der Waals surface area (Å²) in [5.74, 6) is 0. The van der Waals surface area contributed by atoms with Crippen LogP contribution in [0.3, 0.4) is 0 Å². The van der Waals surface area contributed by atoms with Crippen LogP contribution < -0.4 is 0 Å². The SMILES string of the molecule is C=C1CCN2CC[C@H](O)[C@@H]12. The molecule has 2 aliphatic rings. The molecule has 0 aromatic rings. The molecule has 10 heavy (non-hydrogen) atoms. The van der Waals surface area contributed by atoms with Gasteiger partial charge in [-0.2, -0.15) is 0 Å². The minimum Gasteiger partial charge on any atom is -0.391 e. The van der Waals surface area contributed by atoms with Crippen LogP contribution in [0.15, 0.2) is 12.2 Å². The van der Waals surface area contributed by atoms with Gasteiger partial charge in [0.25, 0.3) is 0 Å². The van der Waals surface area contributed by atoms with Crippen molar-refractivity contribution >= 4 is 0 Å². The maximum atomic E-state index is 9.47. The number of rotatable bonds is 0. The smallest absolute Gasteiger partial charge is 0.0745 e. The predicted molar refractivity (Wildman–Crippen MR) is 39.7 cm³/mol. The summed E-state index contributed by atoms with van der Waals surface area (Å²) in [6, 6.07) is 0.306. The van der Waals surface area contributed by atoms with Gasteiger partial charge in [0, 0.05) is 13.1 Å². The molecule has 0 aliphatic carbocycles. The molecular formula is C8H13NO. The van der Waals surface area contributed by atoms with E-state index >= 15 is 0 Å². The quantitative estimate of drug-likeness (QED) is 0.490. The lowest BCUT2D eigenvalue weighted by molar-refractivity contribution is 0.151. The highest BCUT2D eigenvalue weighted by molar-refractivity contribution is 5.17. The molecule has 0 saturated carbocycles. The van der Waals surface area contributed by atoms with Gasteiger partial charge >= 0.3 is 0 Å². The Morgan fingerprint density at radius 2 is 2.30 bits per heavy atom. The second-order valence-electron chi connectivity index (χ2n) is 3.25. The molecule has 0 aromatic carbocycles. The highest BCUT2D eigenvalue weighted by Crippen LogP contribution is 2.30. The van der Waals surface area contributed by atoms with Gasteiger partial charge in [-0.15, -0.1) is 0 Å². The first-order chi connectivity index (χ1) is 4.79. The fraction of sp³-hybridized carbons (Fsp3) is 0.750. The van der Waals surface area contributed by atoms with E-state index in [0.717, 1.165) is 25.9 Å². The summed E-state index contributed by atoms with van der Waals surface area (Å²) in [6.45, 7) is 6.12. The van der Waals surface area contributed by atoms with Gasteiger partial charge in [0.2, 0.25) is 0 Å². The van der Waals surface area contributed by atoms with Crippen molar-refractivity contribution < 1.29 is 5.11 Å². The van der Waals surface area contributed by atoms with Crippen LogP contribution in [0.4, 0.5) is 0 Å². The van der Waals surface area contributed by atoms with E-state index in [9.17, 15) is 5.11 Å². The molecule has 2 aliphatic heterocycles. The molecule has 2 heterocycles. The number of fused-ring (bicyclic) bond motifs is 1. The first-order valence-corrected chi connectivity index (χ1v) is 3.89. The van der Waals surface area contributed by atoms with Crippen LogP contribution in [0.1, 0.15) is 12.8 Å². The van der Waals surface area contributed by atoms with Gasteiger partial charge in [-0.25, -0.2) is 0 Å². The largest absolute Gasteiger partial charge is 0.391 e. The van der Waals surface area contributed by atoms with E-state index in [1.165, 1.54) is 5.57 Å². The number of nitrogens with zero attached hydrogens (tertiary/aromatic N) is 1. The Labute approximate surface area is 61.1 Å².